The lowest BCUT2D eigenvalue weighted by atomic mass is 9.53. The summed E-state index contributed by atoms with van der Waals surface area (Å²) in [5.74, 6) is -0.860. The molecule has 0 aromatic rings. The predicted molar refractivity (Wildman–Crippen MR) is 124 cm³/mol. The van der Waals surface area contributed by atoms with E-state index in [1.54, 1.807) is 7.11 Å². The molecule has 5 bridgehead atoms. The molecule has 6 aliphatic rings. The lowest BCUT2D eigenvalue weighted by molar-refractivity contribution is -0.190. The number of esters is 3. The molecule has 0 aromatic carbocycles. The molecule has 3 aliphatic heterocycles. The molecule has 6 rings (SSSR count). The minimum atomic E-state index is -0.844. The molecule has 1 unspecified atom stereocenters. The van der Waals surface area contributed by atoms with Gasteiger partial charge < -0.3 is 18.9 Å². The van der Waals surface area contributed by atoms with E-state index in [9.17, 15) is 14.4 Å². The second-order valence-corrected chi connectivity index (χ2v) is 11.7. The number of hydrogen-bond acceptors (Lipinski definition) is 8. The largest absolute Gasteiger partial charge is 0.466 e. The number of nitrogens with zero attached hydrogens (tertiary/aromatic N) is 1. The topological polar surface area (TPSA) is 91.4 Å². The van der Waals surface area contributed by atoms with E-state index in [0.29, 0.717) is 17.7 Å². The van der Waals surface area contributed by atoms with Gasteiger partial charge in [0.15, 0.2) is 0 Å². The maximum absolute atomic E-state index is 13.7. The van der Waals surface area contributed by atoms with Gasteiger partial charge in [-0.25, -0.2) is 4.79 Å². The van der Waals surface area contributed by atoms with E-state index in [1.807, 2.05) is 0 Å². The van der Waals surface area contributed by atoms with Crippen molar-refractivity contribution in [2.24, 2.45) is 23.7 Å². The Morgan fingerprint density at radius 2 is 1.77 bits per heavy atom. The van der Waals surface area contributed by atoms with Crippen molar-refractivity contribution >= 4 is 17.9 Å². The van der Waals surface area contributed by atoms with Crippen LogP contribution in [0, 0.1) is 23.7 Å². The zero-order chi connectivity index (χ0) is 24.9. The van der Waals surface area contributed by atoms with Gasteiger partial charge in [0, 0.05) is 50.4 Å². The monoisotopic (exact) mass is 487 g/mol. The van der Waals surface area contributed by atoms with E-state index in [4.69, 9.17) is 18.9 Å². The quantitative estimate of drug-likeness (QED) is 0.442. The summed E-state index contributed by atoms with van der Waals surface area (Å²) in [7, 11) is 3.09. The zero-order valence-corrected chi connectivity index (χ0v) is 21.4. The van der Waals surface area contributed by atoms with Crippen LogP contribution >= 0.6 is 0 Å². The highest BCUT2D eigenvalue weighted by Crippen LogP contribution is 2.76. The summed E-state index contributed by atoms with van der Waals surface area (Å²) < 4.78 is 23.8. The number of fused-ring (bicyclic) bond motifs is 2. The Morgan fingerprint density at radius 1 is 1.00 bits per heavy atom. The number of carbonyl (C=O) groups is 3. The van der Waals surface area contributed by atoms with E-state index in [1.165, 1.54) is 21.0 Å². The Kier molecular flexibility index (Phi) is 5.22. The first-order valence-electron chi connectivity index (χ1n) is 13.2. The van der Waals surface area contributed by atoms with E-state index in [-0.39, 0.29) is 35.7 Å². The summed E-state index contributed by atoms with van der Waals surface area (Å²) in [6, 6.07) is 0.686. The molecule has 3 aliphatic carbocycles. The highest BCUT2D eigenvalue weighted by atomic mass is 16.6. The van der Waals surface area contributed by atoms with Crippen molar-refractivity contribution in [3.8, 4) is 0 Å². The number of carbonyl (C=O) groups excluding carboxylic acids is 3. The van der Waals surface area contributed by atoms with E-state index in [0.717, 1.165) is 50.5 Å². The average Bonchev–Trinajstić information content (AvgIpc) is 3.22. The maximum atomic E-state index is 13.7. The Balaban J connectivity index is 1.70. The standard InChI is InChI=1S/C27H37NO7/c1-13-9-10-17-19-11-16-12-26(17,35-15(3)30)24-22(25(31)33-5)23(34-14(2)29)21-18(27(16,24)28(13)19)7-6-8-20(21)32-4/h13,16-21,23H,6-12H2,1-5H3/t13-,16-,17+,18+,19+,20-,21-,23-,26+,27+/m1/s1. The first kappa shape index (κ1) is 23.5. The van der Waals surface area contributed by atoms with Crippen molar-refractivity contribution in [2.75, 3.05) is 14.2 Å². The van der Waals surface area contributed by atoms with Gasteiger partial charge in [0.1, 0.15) is 11.7 Å². The van der Waals surface area contributed by atoms with Crippen molar-refractivity contribution < 1.29 is 33.3 Å². The molecule has 0 radical (unpaired) electrons. The molecule has 3 heterocycles. The zero-order valence-electron chi connectivity index (χ0n) is 21.4. The molecule has 11 atom stereocenters. The Labute approximate surface area is 206 Å². The summed E-state index contributed by atoms with van der Waals surface area (Å²) in [5, 5.41) is 0. The fourth-order valence-corrected chi connectivity index (χ4v) is 10.0. The molecular weight excluding hydrogens is 450 g/mol. The number of ether oxygens (including phenoxy) is 4. The second-order valence-electron chi connectivity index (χ2n) is 11.7. The van der Waals surface area contributed by atoms with Gasteiger partial charge in [-0.3, -0.25) is 14.5 Å². The van der Waals surface area contributed by atoms with Crippen LogP contribution < -0.4 is 0 Å². The molecule has 0 amide bonds. The van der Waals surface area contributed by atoms with Crippen molar-refractivity contribution in [3.05, 3.63) is 11.1 Å². The Bertz CT molecular complexity index is 1010. The van der Waals surface area contributed by atoms with Crippen LogP contribution in [0.2, 0.25) is 0 Å². The van der Waals surface area contributed by atoms with Gasteiger partial charge in [0.2, 0.25) is 0 Å². The highest BCUT2D eigenvalue weighted by Gasteiger charge is 2.82. The Hall–Kier alpha value is -1.93. The lowest BCUT2D eigenvalue weighted by Crippen LogP contribution is -2.73. The predicted octanol–water partition coefficient (Wildman–Crippen LogP) is 2.78. The highest BCUT2D eigenvalue weighted by molar-refractivity contribution is 5.93. The van der Waals surface area contributed by atoms with Crippen LogP contribution in [0.5, 0.6) is 0 Å². The van der Waals surface area contributed by atoms with Gasteiger partial charge in [-0.1, -0.05) is 6.42 Å². The molecule has 8 nitrogen and oxygen atoms in total. The summed E-state index contributed by atoms with van der Waals surface area (Å²) >= 11 is 0. The molecule has 8 heteroatoms. The molecule has 0 N–H and O–H groups in total. The summed E-state index contributed by atoms with van der Waals surface area (Å²) in [5.41, 5.74) is 0.0502. The van der Waals surface area contributed by atoms with Crippen LogP contribution in [0.3, 0.4) is 0 Å². The van der Waals surface area contributed by atoms with Crippen LogP contribution in [0.1, 0.15) is 65.7 Å². The van der Waals surface area contributed by atoms with Gasteiger partial charge in [-0.2, -0.15) is 0 Å². The molecule has 35 heavy (non-hydrogen) atoms. The number of hydrogen-bond donors (Lipinski definition) is 0. The first-order chi connectivity index (χ1) is 16.7. The van der Waals surface area contributed by atoms with Crippen molar-refractivity contribution in [2.45, 2.75) is 101 Å². The van der Waals surface area contributed by atoms with Gasteiger partial charge in [0.05, 0.1) is 24.3 Å². The summed E-state index contributed by atoms with van der Waals surface area (Å²) in [4.78, 5) is 41.4. The Morgan fingerprint density at radius 3 is 2.43 bits per heavy atom. The molecule has 0 aromatic heterocycles. The maximum Gasteiger partial charge on any atom is 0.337 e. The minimum Gasteiger partial charge on any atom is -0.466 e. The van der Waals surface area contributed by atoms with Gasteiger partial charge in [0.25, 0.3) is 0 Å². The van der Waals surface area contributed by atoms with E-state index < -0.39 is 29.2 Å². The van der Waals surface area contributed by atoms with Crippen molar-refractivity contribution in [1.29, 1.82) is 0 Å². The van der Waals surface area contributed by atoms with Gasteiger partial charge >= 0.3 is 17.9 Å². The second kappa shape index (κ2) is 7.78. The number of piperidine rings is 2. The molecular formula is C27H37NO7. The van der Waals surface area contributed by atoms with Gasteiger partial charge in [-0.05, 0) is 57.3 Å². The SMILES string of the molecule is COC(=O)C1=C2[C@]3([C@@H]4C[C@H]5[C@H](CC[C@@H](C)N53)[C@@]2(OC(C)=O)C4)[C@H]2CCC[C@@H](OC)[C@@H]2[C@H]1OC(C)=O. The first-order valence-corrected chi connectivity index (χ1v) is 13.2. The average molecular weight is 488 g/mol. The fourth-order valence-electron chi connectivity index (χ4n) is 10.0. The molecule has 3 saturated heterocycles. The van der Waals surface area contributed by atoms with Crippen molar-refractivity contribution in [3.63, 3.8) is 0 Å². The van der Waals surface area contributed by atoms with Crippen LogP contribution in [0.4, 0.5) is 0 Å². The molecule has 192 valence electrons. The van der Waals surface area contributed by atoms with Crippen LogP contribution in [-0.4, -0.2) is 72.5 Å². The van der Waals surface area contributed by atoms with Crippen molar-refractivity contribution in [1.82, 2.24) is 4.90 Å². The smallest absolute Gasteiger partial charge is 0.337 e. The number of rotatable bonds is 4. The third kappa shape index (κ3) is 2.73. The van der Waals surface area contributed by atoms with Crippen LogP contribution in [0.25, 0.3) is 0 Å². The molecule has 5 fully saturated rings. The molecule has 2 saturated carbocycles. The van der Waals surface area contributed by atoms with Crippen LogP contribution in [-0.2, 0) is 33.3 Å². The lowest BCUT2D eigenvalue weighted by Gasteiger charge is -2.65. The third-order valence-electron chi connectivity index (χ3n) is 10.4. The van der Waals surface area contributed by atoms with E-state index >= 15 is 0 Å². The summed E-state index contributed by atoms with van der Waals surface area (Å²) in [6.07, 6.45) is 5.69. The van der Waals surface area contributed by atoms with Crippen LogP contribution in [0.15, 0.2) is 11.1 Å². The third-order valence-corrected chi connectivity index (χ3v) is 10.4. The molecule has 1 spiro atoms. The summed E-state index contributed by atoms with van der Waals surface area (Å²) in [6.45, 7) is 5.15. The normalized spacial score (nSPS) is 48.8. The van der Waals surface area contributed by atoms with Gasteiger partial charge in [-0.15, -0.1) is 0 Å². The van der Waals surface area contributed by atoms with E-state index in [2.05, 4.69) is 11.8 Å². The minimum absolute atomic E-state index is 0.125. The number of methoxy groups -OCH3 is 2. The fraction of sp³-hybridized carbons (Fsp3) is 0.815.